The van der Waals surface area contributed by atoms with Gasteiger partial charge in [0.2, 0.25) is 5.89 Å². The van der Waals surface area contributed by atoms with E-state index in [0.717, 1.165) is 36.0 Å². The molecule has 0 unspecified atom stereocenters. The van der Waals surface area contributed by atoms with E-state index in [4.69, 9.17) is 4.42 Å². The predicted octanol–water partition coefficient (Wildman–Crippen LogP) is 6.02. The molecular weight excluding hydrogens is 488 g/mol. The molecule has 1 N–H and O–H groups in total. The molecule has 8 nitrogen and oxygen atoms in total. The summed E-state index contributed by atoms with van der Waals surface area (Å²) in [5, 5.41) is 14.4. The molecule has 3 aromatic carbocycles. The number of amides is 1. The molecule has 1 aromatic heterocycles. The van der Waals surface area contributed by atoms with E-state index in [9.17, 15) is 14.9 Å². The lowest BCUT2D eigenvalue weighted by atomic mass is 10.1. The molecule has 1 aliphatic rings. The minimum atomic E-state index is -0.435. The highest BCUT2D eigenvalue weighted by Crippen LogP contribution is 2.32. The maximum Gasteiger partial charge on any atom is 0.293 e. The lowest BCUT2D eigenvalue weighted by molar-refractivity contribution is -0.384. The van der Waals surface area contributed by atoms with Crippen LogP contribution in [0, 0.1) is 10.1 Å². The molecule has 5 rings (SSSR count). The molecule has 33 heavy (non-hydrogen) atoms. The van der Waals surface area contributed by atoms with Gasteiger partial charge in [-0.25, -0.2) is 4.98 Å². The lowest BCUT2D eigenvalue weighted by Crippen LogP contribution is -2.19. The number of fused-ring (bicyclic) bond motifs is 1. The Morgan fingerprint density at radius 3 is 2.67 bits per heavy atom. The lowest BCUT2D eigenvalue weighted by Gasteiger charge is -2.17. The van der Waals surface area contributed by atoms with E-state index in [0.29, 0.717) is 28.4 Å². The highest BCUT2D eigenvalue weighted by Gasteiger charge is 2.24. The molecule has 0 radical (unpaired) electrons. The smallest absolute Gasteiger partial charge is 0.293 e. The Bertz CT molecular complexity index is 1380. The molecule has 0 aliphatic carbocycles. The third-order valence-electron chi connectivity index (χ3n) is 5.60. The van der Waals surface area contributed by atoms with Crippen molar-refractivity contribution in [3.63, 3.8) is 0 Å². The normalized spacial score (nSPS) is 13.4. The summed E-state index contributed by atoms with van der Waals surface area (Å²) in [6.45, 7) is 1.57. The van der Waals surface area contributed by atoms with Gasteiger partial charge in [0.25, 0.3) is 11.6 Å². The first kappa shape index (κ1) is 21.1. The Hall–Kier alpha value is -3.72. The van der Waals surface area contributed by atoms with Gasteiger partial charge in [-0.3, -0.25) is 14.9 Å². The van der Waals surface area contributed by atoms with Crippen LogP contribution in [0.15, 0.2) is 69.6 Å². The van der Waals surface area contributed by atoms with Crippen LogP contribution in [0.1, 0.15) is 23.2 Å². The minimum absolute atomic E-state index is 0.0600. The first-order chi connectivity index (χ1) is 16.0. The largest absolute Gasteiger partial charge is 0.436 e. The highest BCUT2D eigenvalue weighted by molar-refractivity contribution is 9.10. The summed E-state index contributed by atoms with van der Waals surface area (Å²) in [5.41, 5.74) is 3.25. The van der Waals surface area contributed by atoms with Crippen molar-refractivity contribution >= 4 is 50.0 Å². The second kappa shape index (κ2) is 8.67. The molecular formula is C24H19BrN4O4. The van der Waals surface area contributed by atoms with Crippen LogP contribution in [-0.4, -0.2) is 28.9 Å². The van der Waals surface area contributed by atoms with Crippen LogP contribution in [0.2, 0.25) is 0 Å². The quantitative estimate of drug-likeness (QED) is 0.262. The summed E-state index contributed by atoms with van der Waals surface area (Å²) in [6.07, 6.45) is 2.01. The molecule has 4 aromatic rings. The van der Waals surface area contributed by atoms with Crippen LogP contribution in [0.25, 0.3) is 22.6 Å². The van der Waals surface area contributed by atoms with Gasteiger partial charge in [-0.15, -0.1) is 0 Å². The van der Waals surface area contributed by atoms with Crippen LogP contribution < -0.4 is 10.2 Å². The van der Waals surface area contributed by atoms with E-state index >= 15 is 0 Å². The average molecular weight is 507 g/mol. The van der Waals surface area contributed by atoms with Crippen molar-refractivity contribution in [3.8, 4) is 11.5 Å². The molecule has 0 bridgehead atoms. The maximum atomic E-state index is 12.8. The number of nitrogens with one attached hydrogen (secondary N) is 1. The first-order valence-electron chi connectivity index (χ1n) is 10.5. The monoisotopic (exact) mass is 506 g/mol. The molecule has 2 heterocycles. The number of anilines is 2. The van der Waals surface area contributed by atoms with Crippen molar-refractivity contribution in [3.05, 3.63) is 80.8 Å². The minimum Gasteiger partial charge on any atom is -0.436 e. The molecule has 1 fully saturated rings. The van der Waals surface area contributed by atoms with Crippen molar-refractivity contribution in [1.29, 1.82) is 0 Å². The zero-order valence-electron chi connectivity index (χ0n) is 17.5. The number of rotatable bonds is 5. The van der Waals surface area contributed by atoms with Crippen LogP contribution in [0.4, 0.5) is 17.1 Å². The van der Waals surface area contributed by atoms with E-state index in [1.54, 1.807) is 30.3 Å². The first-order valence-corrected chi connectivity index (χ1v) is 11.3. The Kier molecular flexibility index (Phi) is 5.55. The van der Waals surface area contributed by atoms with Crippen LogP contribution in [-0.2, 0) is 0 Å². The van der Waals surface area contributed by atoms with Crippen LogP contribution in [0.3, 0.4) is 0 Å². The van der Waals surface area contributed by atoms with E-state index in [1.165, 1.54) is 6.07 Å². The Morgan fingerprint density at radius 1 is 1.09 bits per heavy atom. The van der Waals surface area contributed by atoms with Crippen molar-refractivity contribution < 1.29 is 14.1 Å². The second-order valence-electron chi connectivity index (χ2n) is 7.82. The third-order valence-corrected chi connectivity index (χ3v) is 6.09. The second-order valence-corrected chi connectivity index (χ2v) is 8.74. The molecule has 1 saturated heterocycles. The topological polar surface area (TPSA) is 102 Å². The fourth-order valence-corrected chi connectivity index (χ4v) is 4.39. The highest BCUT2D eigenvalue weighted by atomic mass is 79.9. The fourth-order valence-electron chi connectivity index (χ4n) is 3.99. The number of nitro benzene ring substituents is 1. The number of hydrogen-bond acceptors (Lipinski definition) is 6. The Balaban J connectivity index is 1.39. The number of halogens is 1. The van der Waals surface area contributed by atoms with Crippen molar-refractivity contribution in [2.45, 2.75) is 12.8 Å². The van der Waals surface area contributed by atoms with E-state index in [1.807, 2.05) is 29.2 Å². The summed E-state index contributed by atoms with van der Waals surface area (Å²) in [4.78, 5) is 30.5. The zero-order chi connectivity index (χ0) is 22.9. The van der Waals surface area contributed by atoms with Gasteiger partial charge in [-0.2, -0.15) is 0 Å². The molecule has 1 aliphatic heterocycles. The molecule has 0 saturated carbocycles. The van der Waals surface area contributed by atoms with Gasteiger partial charge in [0.15, 0.2) is 5.58 Å². The van der Waals surface area contributed by atoms with Gasteiger partial charge in [0.1, 0.15) is 11.2 Å². The van der Waals surface area contributed by atoms with Crippen LogP contribution >= 0.6 is 15.9 Å². The standard InChI is InChI=1S/C24H19BrN4O4/c25-17-5-3-4-16(12-17)24-27-19-14-18(7-9-22(19)33-24)26-23(30)15-6-8-20(21(13-15)29(31)32)28-10-1-2-11-28/h3-9,12-14H,1-2,10-11H2,(H,26,30). The number of benzene rings is 3. The number of oxazole rings is 1. The van der Waals surface area contributed by atoms with Crippen molar-refractivity contribution in [2.24, 2.45) is 0 Å². The number of carbonyl (C=O) groups is 1. The van der Waals surface area contributed by atoms with Crippen molar-refractivity contribution in [1.82, 2.24) is 4.98 Å². The number of aromatic nitrogens is 1. The molecule has 166 valence electrons. The molecule has 0 atom stereocenters. The van der Waals surface area contributed by atoms with Gasteiger partial charge in [0.05, 0.1) is 4.92 Å². The number of hydrogen-bond donors (Lipinski definition) is 1. The van der Waals surface area contributed by atoms with Gasteiger partial charge < -0.3 is 14.6 Å². The van der Waals surface area contributed by atoms with Gasteiger partial charge in [-0.05, 0) is 61.4 Å². The maximum absolute atomic E-state index is 12.8. The van der Waals surface area contributed by atoms with E-state index in [-0.39, 0.29) is 11.3 Å². The predicted molar refractivity (Wildman–Crippen MR) is 130 cm³/mol. The Morgan fingerprint density at radius 2 is 1.91 bits per heavy atom. The summed E-state index contributed by atoms with van der Waals surface area (Å²) < 4.78 is 6.75. The number of carbonyl (C=O) groups excluding carboxylic acids is 1. The van der Waals surface area contributed by atoms with Gasteiger partial charge >= 0.3 is 0 Å². The SMILES string of the molecule is O=C(Nc1ccc2oc(-c3cccc(Br)c3)nc2c1)c1ccc(N2CCCC2)c([N+](=O)[O-])c1. The summed E-state index contributed by atoms with van der Waals surface area (Å²) in [6, 6.07) is 17.4. The summed E-state index contributed by atoms with van der Waals surface area (Å²) in [7, 11) is 0. The van der Waals surface area contributed by atoms with Crippen LogP contribution in [0.5, 0.6) is 0 Å². The van der Waals surface area contributed by atoms with E-state index in [2.05, 4.69) is 26.2 Å². The van der Waals surface area contributed by atoms with Gasteiger partial charge in [0, 0.05) is 40.4 Å². The fraction of sp³-hybridized carbons (Fsp3) is 0.167. The zero-order valence-corrected chi connectivity index (χ0v) is 19.0. The average Bonchev–Trinajstić information content (AvgIpc) is 3.48. The molecule has 9 heteroatoms. The number of nitro groups is 1. The summed E-state index contributed by atoms with van der Waals surface area (Å²) >= 11 is 3.44. The van der Waals surface area contributed by atoms with E-state index < -0.39 is 10.8 Å². The van der Waals surface area contributed by atoms with Gasteiger partial charge in [-0.1, -0.05) is 22.0 Å². The van der Waals surface area contributed by atoms with Crippen molar-refractivity contribution in [2.75, 3.05) is 23.3 Å². The molecule has 0 spiro atoms. The Labute approximate surface area is 197 Å². The number of nitrogens with zero attached hydrogens (tertiary/aromatic N) is 3. The summed E-state index contributed by atoms with van der Waals surface area (Å²) in [5.74, 6) is 0.0454. The molecule has 1 amide bonds. The third kappa shape index (κ3) is 4.31.